The van der Waals surface area contributed by atoms with Crippen LogP contribution in [0.1, 0.15) is 28.0 Å². The second-order valence-corrected chi connectivity index (χ2v) is 5.29. The Kier molecular flexibility index (Phi) is 4.35. The molecule has 1 aromatic carbocycles. The molecule has 0 unspecified atom stereocenters. The molecule has 1 aliphatic rings. The van der Waals surface area contributed by atoms with E-state index in [4.69, 9.17) is 15.3 Å². The number of amides is 1. The molecule has 3 rings (SSSR count). The van der Waals surface area contributed by atoms with Crippen LogP contribution in [0.15, 0.2) is 36.7 Å². The molecule has 0 bridgehead atoms. The highest BCUT2D eigenvalue weighted by molar-refractivity contribution is 5.94. The summed E-state index contributed by atoms with van der Waals surface area (Å²) in [5.74, 6) is 0.0860. The van der Waals surface area contributed by atoms with Crippen molar-refractivity contribution in [3.8, 4) is 18.0 Å². The maximum Gasteiger partial charge on any atom is 0.253 e. The molecule has 0 radical (unpaired) electrons. The molecule has 1 aromatic heterocycles. The first-order chi connectivity index (χ1) is 11.7. The van der Waals surface area contributed by atoms with Gasteiger partial charge in [-0.05, 0) is 24.3 Å². The maximum atomic E-state index is 12.5. The highest BCUT2D eigenvalue weighted by atomic mass is 16.5. The van der Waals surface area contributed by atoms with Crippen molar-refractivity contribution in [1.29, 1.82) is 10.5 Å². The Morgan fingerprint density at radius 1 is 1.17 bits per heavy atom. The average molecular weight is 319 g/mol. The van der Waals surface area contributed by atoms with Crippen LogP contribution in [0.3, 0.4) is 0 Å². The summed E-state index contributed by atoms with van der Waals surface area (Å²) in [4.78, 5) is 22.1. The number of benzene rings is 1. The Labute approximate surface area is 138 Å². The normalized spacial score (nSPS) is 16.2. The summed E-state index contributed by atoms with van der Waals surface area (Å²) in [6.45, 7) is 0.978. The van der Waals surface area contributed by atoms with Gasteiger partial charge in [-0.1, -0.05) is 0 Å². The van der Waals surface area contributed by atoms with E-state index in [0.29, 0.717) is 30.6 Å². The van der Waals surface area contributed by atoms with Gasteiger partial charge in [-0.25, -0.2) is 9.97 Å². The number of aromatic nitrogens is 2. The third kappa shape index (κ3) is 3.16. The molecular formula is C17H13N5O2. The lowest BCUT2D eigenvalue weighted by atomic mass is 10.1. The van der Waals surface area contributed by atoms with E-state index in [1.807, 2.05) is 12.1 Å². The molecule has 0 saturated carbocycles. The molecule has 1 atom stereocenters. The van der Waals surface area contributed by atoms with Crippen molar-refractivity contribution in [2.45, 2.75) is 12.5 Å². The van der Waals surface area contributed by atoms with Gasteiger partial charge in [0.1, 0.15) is 12.2 Å². The lowest BCUT2D eigenvalue weighted by molar-refractivity contribution is 0.0771. The van der Waals surface area contributed by atoms with Crippen molar-refractivity contribution in [3.63, 3.8) is 0 Å². The average Bonchev–Trinajstić information content (AvgIpc) is 3.10. The summed E-state index contributed by atoms with van der Waals surface area (Å²) in [6.07, 6.45) is 3.32. The zero-order valence-electron chi connectivity index (χ0n) is 12.7. The zero-order chi connectivity index (χ0) is 16.9. The number of hydrogen-bond acceptors (Lipinski definition) is 6. The van der Waals surface area contributed by atoms with Crippen LogP contribution in [0.5, 0.6) is 5.88 Å². The van der Waals surface area contributed by atoms with E-state index in [1.165, 1.54) is 12.4 Å². The Bertz CT molecular complexity index is 835. The molecule has 24 heavy (non-hydrogen) atoms. The zero-order valence-corrected chi connectivity index (χ0v) is 12.7. The first-order valence-electron chi connectivity index (χ1n) is 7.38. The molecule has 1 fully saturated rings. The van der Waals surface area contributed by atoms with Crippen molar-refractivity contribution < 1.29 is 9.53 Å². The number of ether oxygens (including phenoxy) is 1. The third-order valence-corrected chi connectivity index (χ3v) is 3.74. The van der Waals surface area contributed by atoms with Crippen LogP contribution in [0.2, 0.25) is 0 Å². The molecule has 2 heterocycles. The number of nitriles is 2. The maximum absolute atomic E-state index is 12.5. The Morgan fingerprint density at radius 3 is 2.62 bits per heavy atom. The highest BCUT2D eigenvalue weighted by Crippen LogP contribution is 2.20. The van der Waals surface area contributed by atoms with Gasteiger partial charge in [0.15, 0.2) is 0 Å². The second-order valence-electron chi connectivity index (χ2n) is 5.29. The minimum absolute atomic E-state index is 0.106. The highest BCUT2D eigenvalue weighted by Gasteiger charge is 2.29. The van der Waals surface area contributed by atoms with E-state index in [9.17, 15) is 4.79 Å². The largest absolute Gasteiger partial charge is 0.470 e. The Morgan fingerprint density at radius 2 is 1.92 bits per heavy atom. The smallest absolute Gasteiger partial charge is 0.253 e. The predicted octanol–water partition coefficient (Wildman–Crippen LogP) is 1.51. The van der Waals surface area contributed by atoms with E-state index >= 15 is 0 Å². The molecule has 0 aliphatic carbocycles. The van der Waals surface area contributed by atoms with Crippen LogP contribution in [-0.2, 0) is 0 Å². The minimum atomic E-state index is -0.226. The van der Waals surface area contributed by atoms with Gasteiger partial charge in [-0.15, -0.1) is 0 Å². The summed E-state index contributed by atoms with van der Waals surface area (Å²) < 4.78 is 5.72. The van der Waals surface area contributed by atoms with Gasteiger partial charge in [0.2, 0.25) is 5.69 Å². The SMILES string of the molecule is N#Cc1ccc(C(=O)N2CC[C@H](Oc3nccnc3C#N)C2)cc1. The fourth-order valence-corrected chi connectivity index (χ4v) is 2.52. The first kappa shape index (κ1) is 15.4. The molecular weight excluding hydrogens is 306 g/mol. The van der Waals surface area contributed by atoms with Gasteiger partial charge in [0.25, 0.3) is 11.8 Å². The quantitative estimate of drug-likeness (QED) is 0.849. The molecule has 0 spiro atoms. The third-order valence-electron chi connectivity index (χ3n) is 3.74. The van der Waals surface area contributed by atoms with Crippen LogP contribution in [0.4, 0.5) is 0 Å². The van der Waals surface area contributed by atoms with Crippen LogP contribution in [-0.4, -0.2) is 40.0 Å². The van der Waals surface area contributed by atoms with E-state index < -0.39 is 0 Å². The van der Waals surface area contributed by atoms with Gasteiger partial charge in [0.05, 0.1) is 18.2 Å². The van der Waals surface area contributed by atoms with Crippen molar-refractivity contribution in [2.24, 2.45) is 0 Å². The van der Waals surface area contributed by atoms with E-state index in [2.05, 4.69) is 9.97 Å². The van der Waals surface area contributed by atoms with Crippen molar-refractivity contribution in [3.05, 3.63) is 53.5 Å². The summed E-state index contributed by atoms with van der Waals surface area (Å²) in [6, 6.07) is 10.5. The van der Waals surface area contributed by atoms with E-state index in [0.717, 1.165) is 0 Å². The van der Waals surface area contributed by atoms with Crippen molar-refractivity contribution in [1.82, 2.24) is 14.9 Å². The lowest BCUT2D eigenvalue weighted by Crippen LogP contribution is -2.31. The van der Waals surface area contributed by atoms with E-state index in [-0.39, 0.29) is 23.6 Å². The predicted molar refractivity (Wildman–Crippen MR) is 82.8 cm³/mol. The molecule has 0 N–H and O–H groups in total. The number of carbonyl (C=O) groups is 1. The summed E-state index contributed by atoms with van der Waals surface area (Å²) in [5, 5.41) is 17.8. The molecule has 1 aliphatic heterocycles. The van der Waals surface area contributed by atoms with E-state index in [1.54, 1.807) is 29.2 Å². The fourth-order valence-electron chi connectivity index (χ4n) is 2.52. The molecule has 118 valence electrons. The van der Waals surface area contributed by atoms with Crippen LogP contribution in [0.25, 0.3) is 0 Å². The first-order valence-corrected chi connectivity index (χ1v) is 7.38. The van der Waals surface area contributed by atoms with Gasteiger partial charge in [-0.3, -0.25) is 4.79 Å². The van der Waals surface area contributed by atoms with Gasteiger partial charge in [0, 0.05) is 30.9 Å². The lowest BCUT2D eigenvalue weighted by Gasteiger charge is -2.17. The minimum Gasteiger partial charge on any atom is -0.470 e. The molecule has 7 nitrogen and oxygen atoms in total. The second kappa shape index (κ2) is 6.76. The number of rotatable bonds is 3. The summed E-state index contributed by atoms with van der Waals surface area (Å²) in [7, 11) is 0. The van der Waals surface area contributed by atoms with Crippen LogP contribution in [0, 0.1) is 22.7 Å². The molecule has 7 heteroatoms. The van der Waals surface area contributed by atoms with Crippen LogP contribution < -0.4 is 4.74 Å². The number of nitrogens with zero attached hydrogens (tertiary/aromatic N) is 5. The van der Waals surface area contributed by atoms with Crippen molar-refractivity contribution >= 4 is 5.91 Å². The number of hydrogen-bond donors (Lipinski definition) is 0. The van der Waals surface area contributed by atoms with Crippen LogP contribution >= 0.6 is 0 Å². The monoisotopic (exact) mass is 319 g/mol. The standard InChI is InChI=1S/C17H13N5O2/c18-9-12-1-3-13(4-2-12)17(23)22-8-5-14(11-22)24-16-15(10-19)20-6-7-21-16/h1-4,6-7,14H,5,8,11H2/t14-/m0/s1. The number of likely N-dealkylation sites (tertiary alicyclic amines) is 1. The van der Waals surface area contributed by atoms with Gasteiger partial charge < -0.3 is 9.64 Å². The topological polar surface area (TPSA) is 103 Å². The molecule has 1 amide bonds. The van der Waals surface area contributed by atoms with Gasteiger partial charge >= 0.3 is 0 Å². The fraction of sp³-hybridized carbons (Fsp3) is 0.235. The summed E-state index contributed by atoms with van der Waals surface area (Å²) in [5.41, 5.74) is 1.18. The summed E-state index contributed by atoms with van der Waals surface area (Å²) >= 11 is 0. The Balaban J connectivity index is 1.65. The molecule has 2 aromatic rings. The molecule has 1 saturated heterocycles. The van der Waals surface area contributed by atoms with Crippen molar-refractivity contribution in [2.75, 3.05) is 13.1 Å². The van der Waals surface area contributed by atoms with Gasteiger partial charge in [-0.2, -0.15) is 10.5 Å². The number of carbonyl (C=O) groups excluding carboxylic acids is 1. The Hall–Kier alpha value is -3.45.